The molecule has 0 saturated carbocycles. The summed E-state index contributed by atoms with van der Waals surface area (Å²) in [6, 6.07) is 30.1. The van der Waals surface area contributed by atoms with E-state index in [2.05, 4.69) is 77.3 Å². The van der Waals surface area contributed by atoms with Crippen LogP contribution in [0.3, 0.4) is 0 Å². The van der Waals surface area contributed by atoms with Gasteiger partial charge in [-0.2, -0.15) is 5.26 Å². The standard InChI is InChI=1S/C28H18BBrN4/c29-24-12-23(13-25(30)14-24)27-15-26(33-28(34-27)21-5-3-18(16-31)4-6-21)20-9-7-19(8-10-20)22-2-1-11-32-17-22/h1-15,17H,29H2. The van der Waals surface area contributed by atoms with Crippen molar-refractivity contribution in [1.82, 2.24) is 15.0 Å². The van der Waals surface area contributed by atoms with Gasteiger partial charge in [0.1, 0.15) is 7.85 Å². The fourth-order valence-corrected chi connectivity index (χ4v) is 4.42. The number of benzene rings is 3. The molecule has 0 aliphatic rings. The van der Waals surface area contributed by atoms with Crippen molar-refractivity contribution in [3.05, 3.63) is 107 Å². The normalized spacial score (nSPS) is 10.6. The zero-order chi connectivity index (χ0) is 23.5. The molecule has 0 atom stereocenters. The summed E-state index contributed by atoms with van der Waals surface area (Å²) in [5.74, 6) is 0.617. The van der Waals surface area contributed by atoms with Gasteiger partial charge in [0.05, 0.1) is 23.0 Å². The molecule has 4 nitrogen and oxygen atoms in total. The average Bonchev–Trinajstić information content (AvgIpc) is 2.88. The summed E-state index contributed by atoms with van der Waals surface area (Å²) in [5, 5.41) is 9.15. The zero-order valence-electron chi connectivity index (χ0n) is 18.4. The van der Waals surface area contributed by atoms with Gasteiger partial charge < -0.3 is 0 Å². The Kier molecular flexibility index (Phi) is 6.03. The Morgan fingerprint density at radius 2 is 1.38 bits per heavy atom. The van der Waals surface area contributed by atoms with Crippen LogP contribution in [0.2, 0.25) is 0 Å². The van der Waals surface area contributed by atoms with Gasteiger partial charge in [-0.1, -0.05) is 63.9 Å². The Bertz CT molecular complexity index is 1490. The minimum absolute atomic E-state index is 0.605. The van der Waals surface area contributed by atoms with Crippen molar-refractivity contribution >= 4 is 29.2 Å². The monoisotopic (exact) mass is 500 g/mol. The highest BCUT2D eigenvalue weighted by Crippen LogP contribution is 2.30. The number of aromatic nitrogens is 3. The predicted molar refractivity (Wildman–Crippen MR) is 142 cm³/mol. The molecule has 5 aromatic rings. The molecule has 2 heterocycles. The molecule has 0 aliphatic carbocycles. The lowest BCUT2D eigenvalue weighted by molar-refractivity contribution is 1.18. The lowest BCUT2D eigenvalue weighted by atomic mass is 9.93. The first-order valence-electron chi connectivity index (χ1n) is 10.8. The van der Waals surface area contributed by atoms with Crippen LogP contribution in [0.25, 0.3) is 45.0 Å². The number of nitrogens with zero attached hydrogens (tertiary/aromatic N) is 4. The molecule has 6 heteroatoms. The molecule has 160 valence electrons. The number of halogens is 1. The highest BCUT2D eigenvalue weighted by Gasteiger charge is 2.12. The third-order valence-corrected chi connectivity index (χ3v) is 5.97. The quantitative estimate of drug-likeness (QED) is 0.308. The van der Waals surface area contributed by atoms with Gasteiger partial charge in [-0.3, -0.25) is 4.98 Å². The van der Waals surface area contributed by atoms with E-state index in [1.165, 1.54) is 0 Å². The van der Waals surface area contributed by atoms with Crippen molar-refractivity contribution in [2.24, 2.45) is 0 Å². The Balaban J connectivity index is 1.63. The average molecular weight is 501 g/mol. The zero-order valence-corrected chi connectivity index (χ0v) is 20.0. The molecule has 5 rings (SSSR count). The largest absolute Gasteiger partial charge is 0.264 e. The molecule has 0 aliphatic heterocycles. The maximum atomic E-state index is 9.15. The summed E-state index contributed by atoms with van der Waals surface area (Å²) in [6.07, 6.45) is 3.63. The minimum Gasteiger partial charge on any atom is -0.264 e. The van der Waals surface area contributed by atoms with E-state index >= 15 is 0 Å². The van der Waals surface area contributed by atoms with Crippen molar-refractivity contribution in [3.8, 4) is 51.1 Å². The second kappa shape index (κ2) is 9.42. The van der Waals surface area contributed by atoms with E-state index < -0.39 is 0 Å². The van der Waals surface area contributed by atoms with E-state index in [1.54, 1.807) is 18.3 Å². The lowest BCUT2D eigenvalue weighted by Crippen LogP contribution is -2.03. The Morgan fingerprint density at radius 3 is 2.03 bits per heavy atom. The van der Waals surface area contributed by atoms with Crippen LogP contribution in [0.5, 0.6) is 0 Å². The smallest absolute Gasteiger partial charge is 0.160 e. The van der Waals surface area contributed by atoms with Gasteiger partial charge in [-0.15, -0.1) is 0 Å². The number of nitriles is 1. The van der Waals surface area contributed by atoms with Gasteiger partial charge in [0.2, 0.25) is 0 Å². The predicted octanol–water partition coefficient (Wildman–Crippen LogP) is 5.43. The second-order valence-electron chi connectivity index (χ2n) is 7.99. The molecule has 2 aromatic heterocycles. The van der Waals surface area contributed by atoms with Crippen molar-refractivity contribution in [2.45, 2.75) is 0 Å². The van der Waals surface area contributed by atoms with Crippen molar-refractivity contribution < 1.29 is 0 Å². The summed E-state index contributed by atoms with van der Waals surface area (Å²) >= 11 is 3.60. The summed E-state index contributed by atoms with van der Waals surface area (Å²) in [6.45, 7) is 0. The van der Waals surface area contributed by atoms with E-state index in [9.17, 15) is 0 Å². The molecular formula is C28H18BBrN4. The number of hydrogen-bond acceptors (Lipinski definition) is 4. The highest BCUT2D eigenvalue weighted by atomic mass is 79.9. The van der Waals surface area contributed by atoms with Crippen molar-refractivity contribution in [2.75, 3.05) is 0 Å². The summed E-state index contributed by atoms with van der Waals surface area (Å²) in [4.78, 5) is 14.0. The first-order valence-corrected chi connectivity index (χ1v) is 11.6. The summed E-state index contributed by atoms with van der Waals surface area (Å²) in [5.41, 5.74) is 8.46. The van der Waals surface area contributed by atoms with Crippen LogP contribution in [-0.2, 0) is 0 Å². The van der Waals surface area contributed by atoms with Crippen LogP contribution >= 0.6 is 15.9 Å². The Labute approximate surface area is 207 Å². The first kappa shape index (κ1) is 21.8. The van der Waals surface area contributed by atoms with Gasteiger partial charge in [-0.05, 0) is 53.6 Å². The van der Waals surface area contributed by atoms with E-state index in [1.807, 2.05) is 36.5 Å². The van der Waals surface area contributed by atoms with Crippen LogP contribution in [0.4, 0.5) is 0 Å². The molecular weight excluding hydrogens is 483 g/mol. The van der Waals surface area contributed by atoms with Crippen LogP contribution < -0.4 is 5.46 Å². The van der Waals surface area contributed by atoms with Crippen molar-refractivity contribution in [3.63, 3.8) is 0 Å². The molecule has 0 spiro atoms. The van der Waals surface area contributed by atoms with E-state index in [0.717, 1.165) is 49.1 Å². The second-order valence-corrected chi connectivity index (χ2v) is 8.90. The number of hydrogen-bond donors (Lipinski definition) is 0. The van der Waals surface area contributed by atoms with Gasteiger partial charge in [0.25, 0.3) is 0 Å². The summed E-state index contributed by atoms with van der Waals surface area (Å²) < 4.78 is 1.00. The minimum atomic E-state index is 0.605. The first-order chi connectivity index (χ1) is 16.6. The molecule has 0 radical (unpaired) electrons. The molecule has 3 aromatic carbocycles. The SMILES string of the molecule is Bc1cc(Br)cc(-c2cc(-c3ccc(-c4cccnc4)cc3)nc(-c3ccc(C#N)cc3)n2)c1. The van der Waals surface area contributed by atoms with Gasteiger partial charge in [-0.25, -0.2) is 9.97 Å². The molecule has 0 unspecified atom stereocenters. The van der Waals surface area contributed by atoms with Crippen LogP contribution in [0.15, 0.2) is 102 Å². The Morgan fingerprint density at radius 1 is 0.706 bits per heavy atom. The summed E-state index contributed by atoms with van der Waals surface area (Å²) in [7, 11) is 2.06. The maximum Gasteiger partial charge on any atom is 0.160 e. The van der Waals surface area contributed by atoms with Crippen molar-refractivity contribution in [1.29, 1.82) is 5.26 Å². The van der Waals surface area contributed by atoms with Crippen LogP contribution in [0, 0.1) is 11.3 Å². The van der Waals surface area contributed by atoms with Crippen LogP contribution in [-0.4, -0.2) is 22.8 Å². The van der Waals surface area contributed by atoms with Gasteiger partial charge >= 0.3 is 0 Å². The van der Waals surface area contributed by atoms with Crippen LogP contribution in [0.1, 0.15) is 5.56 Å². The molecule has 0 amide bonds. The number of pyridine rings is 1. The van der Waals surface area contributed by atoms with Gasteiger partial charge in [0, 0.05) is 33.6 Å². The van der Waals surface area contributed by atoms with E-state index in [4.69, 9.17) is 15.2 Å². The van der Waals surface area contributed by atoms with Gasteiger partial charge in [0.15, 0.2) is 5.82 Å². The number of rotatable bonds is 4. The fraction of sp³-hybridized carbons (Fsp3) is 0. The molecule has 0 N–H and O–H groups in total. The fourth-order valence-electron chi connectivity index (χ4n) is 3.82. The van der Waals surface area contributed by atoms with E-state index in [-0.39, 0.29) is 0 Å². The maximum absolute atomic E-state index is 9.15. The van der Waals surface area contributed by atoms with E-state index in [0.29, 0.717) is 11.4 Å². The Hall–Kier alpha value is -4.08. The lowest BCUT2D eigenvalue weighted by Gasteiger charge is -2.11. The third kappa shape index (κ3) is 4.66. The molecule has 34 heavy (non-hydrogen) atoms. The highest BCUT2D eigenvalue weighted by molar-refractivity contribution is 9.10. The molecule has 0 saturated heterocycles. The topological polar surface area (TPSA) is 62.5 Å². The molecule has 0 fully saturated rings. The molecule has 0 bridgehead atoms. The third-order valence-electron chi connectivity index (χ3n) is 5.51.